The van der Waals surface area contributed by atoms with Crippen molar-refractivity contribution in [1.82, 2.24) is 4.90 Å². The van der Waals surface area contributed by atoms with Crippen LogP contribution in [0.5, 0.6) is 0 Å². The average Bonchev–Trinajstić information content (AvgIpc) is 2.47. The molecule has 0 radical (unpaired) electrons. The monoisotopic (exact) mass is 293 g/mol. The number of aliphatic hydroxyl groups is 1. The fourth-order valence-electron chi connectivity index (χ4n) is 2.61. The third kappa shape index (κ3) is 3.84. The molecule has 2 rings (SSSR count). The van der Waals surface area contributed by atoms with Gasteiger partial charge in [0.1, 0.15) is 0 Å². The number of nitrogens with zero attached hydrogens (tertiary/aromatic N) is 1. The molecule has 1 fully saturated rings. The quantitative estimate of drug-likeness (QED) is 0.867. The normalized spacial score (nSPS) is 19.5. The number of hydrogen-bond donors (Lipinski definition) is 1. The van der Waals surface area contributed by atoms with Crippen LogP contribution in [-0.2, 0) is 4.79 Å². The van der Waals surface area contributed by atoms with Gasteiger partial charge in [0.2, 0.25) is 5.91 Å². The molecule has 0 spiro atoms. The number of carbonyl (C=O) groups excluding carboxylic acids is 1. The van der Waals surface area contributed by atoms with E-state index in [1.807, 2.05) is 23.1 Å². The van der Waals surface area contributed by atoms with Gasteiger partial charge in [0, 0.05) is 30.3 Å². The maximum Gasteiger partial charge on any atom is 0.246 e. The molecule has 1 atom stereocenters. The molecule has 1 amide bonds. The van der Waals surface area contributed by atoms with Crippen molar-refractivity contribution in [1.29, 1.82) is 0 Å². The molecular weight excluding hydrogens is 274 g/mol. The number of amides is 1. The maximum absolute atomic E-state index is 12.3. The molecule has 1 aromatic carbocycles. The van der Waals surface area contributed by atoms with Crippen molar-refractivity contribution < 1.29 is 9.90 Å². The lowest BCUT2D eigenvalue weighted by Gasteiger charge is -2.34. The Kier molecular flexibility index (Phi) is 5.62. The highest BCUT2D eigenvalue weighted by molar-refractivity contribution is 6.32. The van der Waals surface area contributed by atoms with E-state index < -0.39 is 0 Å². The second-order valence-electron chi connectivity index (χ2n) is 5.05. The minimum absolute atomic E-state index is 0.00284. The van der Waals surface area contributed by atoms with Crippen LogP contribution in [0.1, 0.15) is 31.2 Å². The van der Waals surface area contributed by atoms with Crippen molar-refractivity contribution >= 4 is 23.6 Å². The van der Waals surface area contributed by atoms with Crippen LogP contribution < -0.4 is 0 Å². The smallest absolute Gasteiger partial charge is 0.246 e. The molecule has 0 bridgehead atoms. The van der Waals surface area contributed by atoms with Crippen molar-refractivity contribution in [3.63, 3.8) is 0 Å². The highest BCUT2D eigenvalue weighted by atomic mass is 35.5. The molecule has 1 unspecified atom stereocenters. The SMILES string of the molecule is O=C(/C=C/c1ccccc1Cl)N1CCCCC1CCO. The van der Waals surface area contributed by atoms with Gasteiger partial charge >= 0.3 is 0 Å². The number of halogens is 1. The molecule has 108 valence electrons. The Morgan fingerprint density at radius 2 is 2.20 bits per heavy atom. The first-order valence-corrected chi connectivity index (χ1v) is 7.44. The van der Waals surface area contributed by atoms with E-state index in [0.29, 0.717) is 11.4 Å². The number of rotatable bonds is 4. The van der Waals surface area contributed by atoms with Crippen LogP contribution in [0.25, 0.3) is 6.08 Å². The predicted molar refractivity (Wildman–Crippen MR) is 81.5 cm³/mol. The van der Waals surface area contributed by atoms with E-state index in [9.17, 15) is 4.79 Å². The van der Waals surface area contributed by atoms with E-state index in [4.69, 9.17) is 16.7 Å². The molecular formula is C16H20ClNO2. The van der Waals surface area contributed by atoms with Crippen molar-refractivity contribution in [3.8, 4) is 0 Å². The third-order valence-corrected chi connectivity index (χ3v) is 4.03. The Morgan fingerprint density at radius 3 is 2.95 bits per heavy atom. The largest absolute Gasteiger partial charge is 0.396 e. The molecule has 3 nitrogen and oxygen atoms in total. The summed E-state index contributed by atoms with van der Waals surface area (Å²) in [7, 11) is 0. The molecule has 1 aliphatic heterocycles. The van der Waals surface area contributed by atoms with Crippen molar-refractivity contribution in [2.24, 2.45) is 0 Å². The van der Waals surface area contributed by atoms with Crippen LogP contribution in [0.3, 0.4) is 0 Å². The first kappa shape index (κ1) is 15.1. The van der Waals surface area contributed by atoms with Crippen LogP contribution in [0.15, 0.2) is 30.3 Å². The first-order chi connectivity index (χ1) is 9.72. The van der Waals surface area contributed by atoms with Gasteiger partial charge in [-0.05, 0) is 43.4 Å². The van der Waals surface area contributed by atoms with Gasteiger partial charge < -0.3 is 10.0 Å². The fourth-order valence-corrected chi connectivity index (χ4v) is 2.81. The van der Waals surface area contributed by atoms with Crippen molar-refractivity contribution in [2.75, 3.05) is 13.2 Å². The van der Waals surface area contributed by atoms with Crippen molar-refractivity contribution in [3.05, 3.63) is 40.9 Å². The second-order valence-corrected chi connectivity index (χ2v) is 5.46. The van der Waals surface area contributed by atoms with Crippen LogP contribution >= 0.6 is 11.6 Å². The Morgan fingerprint density at radius 1 is 1.40 bits per heavy atom. The molecule has 1 aromatic rings. The molecule has 20 heavy (non-hydrogen) atoms. The summed E-state index contributed by atoms with van der Waals surface area (Å²) in [6.07, 6.45) is 7.14. The van der Waals surface area contributed by atoms with Gasteiger partial charge in [0.05, 0.1) is 0 Å². The molecule has 1 saturated heterocycles. The minimum Gasteiger partial charge on any atom is -0.396 e. The lowest BCUT2D eigenvalue weighted by Crippen LogP contribution is -2.43. The van der Waals surface area contributed by atoms with Crippen LogP contribution in [-0.4, -0.2) is 35.1 Å². The first-order valence-electron chi connectivity index (χ1n) is 7.06. The van der Waals surface area contributed by atoms with Gasteiger partial charge in [0.15, 0.2) is 0 Å². The molecule has 1 aliphatic rings. The molecule has 1 heterocycles. The summed E-state index contributed by atoms with van der Waals surface area (Å²) < 4.78 is 0. The van der Waals surface area contributed by atoms with Crippen LogP contribution in [0.2, 0.25) is 5.02 Å². The van der Waals surface area contributed by atoms with Crippen LogP contribution in [0, 0.1) is 0 Å². The zero-order chi connectivity index (χ0) is 14.4. The van der Waals surface area contributed by atoms with Crippen LogP contribution in [0.4, 0.5) is 0 Å². The number of piperidine rings is 1. The van der Waals surface area contributed by atoms with E-state index >= 15 is 0 Å². The van der Waals surface area contributed by atoms with Gasteiger partial charge in [-0.2, -0.15) is 0 Å². The van der Waals surface area contributed by atoms with Gasteiger partial charge in [-0.3, -0.25) is 4.79 Å². The number of aliphatic hydroxyl groups excluding tert-OH is 1. The summed E-state index contributed by atoms with van der Waals surface area (Å²) in [5, 5.41) is 9.73. The molecule has 0 aliphatic carbocycles. The third-order valence-electron chi connectivity index (χ3n) is 3.68. The number of carbonyl (C=O) groups is 1. The molecule has 4 heteroatoms. The summed E-state index contributed by atoms with van der Waals surface area (Å²) in [6, 6.07) is 7.61. The number of hydrogen-bond acceptors (Lipinski definition) is 2. The molecule has 0 aromatic heterocycles. The van der Waals surface area contributed by atoms with Gasteiger partial charge in [-0.1, -0.05) is 29.8 Å². The Bertz CT molecular complexity index is 485. The Labute approximate surface area is 124 Å². The lowest BCUT2D eigenvalue weighted by atomic mass is 9.99. The molecule has 0 saturated carbocycles. The highest BCUT2D eigenvalue weighted by Crippen LogP contribution is 2.21. The zero-order valence-corrected chi connectivity index (χ0v) is 12.2. The number of benzene rings is 1. The summed E-state index contributed by atoms with van der Waals surface area (Å²) >= 11 is 6.06. The summed E-state index contributed by atoms with van der Waals surface area (Å²) in [4.78, 5) is 14.2. The molecule has 1 N–H and O–H groups in total. The maximum atomic E-state index is 12.3. The highest BCUT2D eigenvalue weighted by Gasteiger charge is 2.24. The average molecular weight is 294 g/mol. The van der Waals surface area contributed by atoms with Gasteiger partial charge in [-0.15, -0.1) is 0 Å². The van der Waals surface area contributed by atoms with E-state index in [0.717, 1.165) is 31.4 Å². The Balaban J connectivity index is 2.04. The summed E-state index contributed by atoms with van der Waals surface area (Å²) in [5.41, 5.74) is 0.846. The van der Waals surface area contributed by atoms with Gasteiger partial charge in [0.25, 0.3) is 0 Å². The predicted octanol–water partition coefficient (Wildman–Crippen LogP) is 3.12. The summed E-state index contributed by atoms with van der Waals surface area (Å²) in [6.45, 7) is 0.902. The summed E-state index contributed by atoms with van der Waals surface area (Å²) in [5.74, 6) is 0.00284. The lowest BCUT2D eigenvalue weighted by molar-refractivity contribution is -0.129. The standard InChI is InChI=1S/C16H20ClNO2/c17-15-7-2-1-5-13(15)8-9-16(20)18-11-4-3-6-14(18)10-12-19/h1-2,5,7-9,14,19H,3-4,6,10-12H2/b9-8+. The minimum atomic E-state index is 0.00284. The van der Waals surface area contributed by atoms with E-state index in [1.165, 1.54) is 0 Å². The Hall–Kier alpha value is -1.32. The van der Waals surface area contributed by atoms with Gasteiger partial charge in [-0.25, -0.2) is 0 Å². The van der Waals surface area contributed by atoms with E-state index in [2.05, 4.69) is 0 Å². The second kappa shape index (κ2) is 7.46. The van der Waals surface area contributed by atoms with E-state index in [-0.39, 0.29) is 18.6 Å². The van der Waals surface area contributed by atoms with E-state index in [1.54, 1.807) is 18.2 Å². The fraction of sp³-hybridized carbons (Fsp3) is 0.438. The van der Waals surface area contributed by atoms with Crippen molar-refractivity contribution in [2.45, 2.75) is 31.7 Å². The zero-order valence-electron chi connectivity index (χ0n) is 11.5. The topological polar surface area (TPSA) is 40.5 Å². The number of likely N-dealkylation sites (tertiary alicyclic amines) is 1.